The first-order chi connectivity index (χ1) is 16.3. The van der Waals surface area contributed by atoms with Crippen molar-refractivity contribution in [2.75, 3.05) is 0 Å². The largest absolute Gasteiger partial charge is 0.392 e. The molecule has 13 atom stereocenters. The summed E-state index contributed by atoms with van der Waals surface area (Å²) in [6.07, 6.45) is 4.14. The second-order valence-corrected chi connectivity index (χ2v) is 16.8. The van der Waals surface area contributed by atoms with Gasteiger partial charge in [0, 0.05) is 15.6 Å². The van der Waals surface area contributed by atoms with Crippen LogP contribution in [0, 0.1) is 53.3 Å². The average molecular weight is 643 g/mol. The van der Waals surface area contributed by atoms with E-state index in [0.717, 1.165) is 32.1 Å². The van der Waals surface area contributed by atoms with Gasteiger partial charge in [0.15, 0.2) is 0 Å². The van der Waals surface area contributed by atoms with Gasteiger partial charge in [-0.1, -0.05) is 86.2 Å². The van der Waals surface area contributed by atoms with Crippen LogP contribution in [-0.2, 0) is 14.3 Å². The molecular formula is C27H46Br2O5S. The first-order valence-corrected chi connectivity index (χ1v) is 17.1. The zero-order chi connectivity index (χ0) is 26.0. The Morgan fingerprint density at radius 1 is 0.800 bits per heavy atom. The highest BCUT2D eigenvalue weighted by atomic mass is 79.9. The molecule has 1 saturated heterocycles. The Bertz CT molecular complexity index is 824. The Morgan fingerprint density at radius 2 is 1.23 bits per heavy atom. The second kappa shape index (κ2) is 10.4. The van der Waals surface area contributed by atoms with E-state index in [1.807, 2.05) is 0 Å². The van der Waals surface area contributed by atoms with Crippen molar-refractivity contribution in [2.45, 2.75) is 113 Å². The van der Waals surface area contributed by atoms with Crippen molar-refractivity contribution in [2.24, 2.45) is 53.3 Å². The van der Waals surface area contributed by atoms with E-state index in [4.69, 9.17) is 4.18 Å². The molecule has 3 aliphatic carbocycles. The predicted octanol–water partition coefficient (Wildman–Crippen LogP) is 5.75. The van der Waals surface area contributed by atoms with Crippen LogP contribution in [-0.4, -0.2) is 51.3 Å². The van der Waals surface area contributed by atoms with Gasteiger partial charge in [0.25, 0.3) is 10.1 Å². The van der Waals surface area contributed by atoms with Gasteiger partial charge >= 0.3 is 0 Å². The maximum absolute atomic E-state index is 13.7. The molecule has 0 aromatic rings. The molecule has 1 aliphatic heterocycles. The Kier molecular flexibility index (Phi) is 8.56. The van der Waals surface area contributed by atoms with E-state index in [2.05, 4.69) is 73.4 Å². The highest BCUT2D eigenvalue weighted by Gasteiger charge is 2.69. The smallest absolute Gasteiger partial charge is 0.271 e. The fraction of sp³-hybridized carbons (Fsp3) is 1.00. The van der Waals surface area contributed by atoms with E-state index in [-0.39, 0.29) is 62.9 Å². The Labute approximate surface area is 229 Å². The molecule has 0 radical (unpaired) electrons. The molecule has 0 amide bonds. The average Bonchev–Trinajstić information content (AvgIpc) is 3.03. The van der Waals surface area contributed by atoms with Crippen molar-refractivity contribution in [3.8, 4) is 0 Å². The fourth-order valence-electron chi connectivity index (χ4n) is 8.59. The van der Waals surface area contributed by atoms with Crippen LogP contribution in [0.3, 0.4) is 0 Å². The number of aliphatic hydroxyl groups excluding tert-OH is 2. The maximum Gasteiger partial charge on any atom is 0.271 e. The van der Waals surface area contributed by atoms with E-state index in [0.29, 0.717) is 6.42 Å². The van der Waals surface area contributed by atoms with Crippen LogP contribution in [0.1, 0.15) is 80.1 Å². The van der Waals surface area contributed by atoms with Crippen LogP contribution < -0.4 is 0 Å². The zero-order valence-corrected chi connectivity index (χ0v) is 26.1. The minimum absolute atomic E-state index is 0.0146. The maximum atomic E-state index is 13.7. The number of fused-ring (bicyclic) bond motifs is 1. The van der Waals surface area contributed by atoms with Gasteiger partial charge in [-0.15, -0.1) is 0 Å². The summed E-state index contributed by atoms with van der Waals surface area (Å²) >= 11 is 7.69. The summed E-state index contributed by atoms with van der Waals surface area (Å²) in [4.78, 5) is -0.214. The SMILES string of the molecule is CC(C)[C@H]1C[C@@H](C2([C@H]3C[C@@H](C(C)C)[C@@H](O)[C@H](Br)[C@H]3C)OS(=O)(=O)[C@@H]3CCCC[C@@H]32)[C@@H](C)[C@@H](Br)[C@H]1O. The van der Waals surface area contributed by atoms with E-state index in [9.17, 15) is 18.6 Å². The monoisotopic (exact) mass is 640 g/mol. The number of alkyl halides is 2. The quantitative estimate of drug-likeness (QED) is 0.302. The van der Waals surface area contributed by atoms with Gasteiger partial charge in [-0.3, -0.25) is 4.18 Å². The molecule has 0 bridgehead atoms. The summed E-state index contributed by atoms with van der Waals surface area (Å²) in [5, 5.41) is 21.9. The Hall–Kier alpha value is 0.790. The molecule has 1 heterocycles. The molecule has 5 nitrogen and oxygen atoms in total. The highest BCUT2D eigenvalue weighted by Crippen LogP contribution is 2.63. The van der Waals surface area contributed by atoms with E-state index in [1.165, 1.54) is 0 Å². The molecule has 0 aromatic heterocycles. The first kappa shape index (κ1) is 28.8. The Morgan fingerprint density at radius 3 is 1.66 bits per heavy atom. The lowest BCUT2D eigenvalue weighted by molar-refractivity contribution is -0.158. The number of halogens is 2. The minimum atomic E-state index is -3.69. The lowest BCUT2D eigenvalue weighted by Gasteiger charge is -2.58. The molecule has 0 aromatic carbocycles. The molecule has 1 unspecified atom stereocenters. The van der Waals surface area contributed by atoms with Crippen molar-refractivity contribution in [1.82, 2.24) is 0 Å². The van der Waals surface area contributed by atoms with Crippen molar-refractivity contribution in [3.05, 3.63) is 0 Å². The van der Waals surface area contributed by atoms with E-state index in [1.54, 1.807) is 0 Å². The van der Waals surface area contributed by atoms with Gasteiger partial charge in [-0.2, -0.15) is 8.42 Å². The molecule has 8 heteroatoms. The minimum Gasteiger partial charge on any atom is -0.392 e. The lowest BCUT2D eigenvalue weighted by atomic mass is 9.51. The topological polar surface area (TPSA) is 83.8 Å². The summed E-state index contributed by atoms with van der Waals surface area (Å²) in [6, 6.07) is 0. The number of hydrogen-bond donors (Lipinski definition) is 2. The van der Waals surface area contributed by atoms with Crippen LogP contribution in [0.15, 0.2) is 0 Å². The Balaban J connectivity index is 1.89. The predicted molar refractivity (Wildman–Crippen MR) is 147 cm³/mol. The lowest BCUT2D eigenvalue weighted by Crippen LogP contribution is -2.63. The van der Waals surface area contributed by atoms with Crippen LogP contribution in [0.4, 0.5) is 0 Å². The molecular weight excluding hydrogens is 596 g/mol. The van der Waals surface area contributed by atoms with Crippen molar-refractivity contribution < 1.29 is 22.8 Å². The summed E-state index contributed by atoms with van der Waals surface area (Å²) in [5.41, 5.74) is -0.804. The highest BCUT2D eigenvalue weighted by molar-refractivity contribution is 9.09. The third-order valence-corrected chi connectivity index (χ3v) is 15.2. The van der Waals surface area contributed by atoms with Crippen LogP contribution in [0.2, 0.25) is 0 Å². The van der Waals surface area contributed by atoms with Crippen molar-refractivity contribution in [3.63, 3.8) is 0 Å². The van der Waals surface area contributed by atoms with Gasteiger partial charge in [-0.05, 0) is 73.0 Å². The number of rotatable bonds is 4. The second-order valence-electron chi connectivity index (χ2n) is 12.9. The molecule has 3 saturated carbocycles. The summed E-state index contributed by atoms with van der Waals surface area (Å²) in [5.74, 6) is 0.870. The standard InChI is InChI=1S/C27H46Br2O5S/c1-13(2)17-11-20(15(5)23(28)25(17)30)27(19-9-7-8-10-22(19)35(32,33)34-27)21-12-18(14(3)4)26(31)24(29)16(21)6/h13-26,30-31H,7-12H2,1-6H3/t15-,16+,17-,18+,19-,20-,21+,22+,23+,24+,25+,26-,27?/m0/s1. The molecule has 4 fully saturated rings. The fourth-order valence-corrected chi connectivity index (χ4v) is 12.2. The van der Waals surface area contributed by atoms with E-state index < -0.39 is 33.2 Å². The summed E-state index contributed by atoms with van der Waals surface area (Å²) in [6.45, 7) is 13.0. The van der Waals surface area contributed by atoms with Gasteiger partial charge in [0.1, 0.15) is 0 Å². The number of hydrogen-bond acceptors (Lipinski definition) is 5. The normalized spacial score (nSPS) is 52.6. The third kappa shape index (κ3) is 4.64. The molecule has 0 spiro atoms. The zero-order valence-electron chi connectivity index (χ0n) is 22.1. The van der Waals surface area contributed by atoms with Crippen LogP contribution in [0.25, 0.3) is 0 Å². The molecule has 35 heavy (non-hydrogen) atoms. The van der Waals surface area contributed by atoms with Crippen molar-refractivity contribution in [1.29, 1.82) is 0 Å². The number of aliphatic hydroxyl groups is 2. The third-order valence-electron chi connectivity index (χ3n) is 10.6. The first-order valence-electron chi connectivity index (χ1n) is 13.8. The summed E-state index contributed by atoms with van der Waals surface area (Å²) in [7, 11) is -3.69. The van der Waals surface area contributed by atoms with Crippen molar-refractivity contribution >= 4 is 42.0 Å². The molecule has 204 valence electrons. The summed E-state index contributed by atoms with van der Waals surface area (Å²) < 4.78 is 34.0. The van der Waals surface area contributed by atoms with Crippen LogP contribution >= 0.6 is 31.9 Å². The van der Waals surface area contributed by atoms with Gasteiger partial charge in [0.2, 0.25) is 0 Å². The van der Waals surface area contributed by atoms with E-state index >= 15 is 0 Å². The van der Waals surface area contributed by atoms with Crippen LogP contribution in [0.5, 0.6) is 0 Å². The molecule has 2 N–H and O–H groups in total. The molecule has 4 rings (SSSR count). The van der Waals surface area contributed by atoms with Gasteiger partial charge < -0.3 is 10.2 Å². The van der Waals surface area contributed by atoms with Gasteiger partial charge in [0.05, 0.1) is 23.1 Å². The van der Waals surface area contributed by atoms with Gasteiger partial charge in [-0.25, -0.2) is 0 Å². The molecule has 4 aliphatic rings.